The Labute approximate surface area is 154 Å². The number of hydroxylamine groups is 1. The molecule has 3 rings (SSSR count). The van der Waals surface area contributed by atoms with Crippen molar-refractivity contribution in [1.82, 2.24) is 10.5 Å². The molecule has 0 aliphatic rings. The fourth-order valence-corrected chi connectivity index (χ4v) is 2.39. The summed E-state index contributed by atoms with van der Waals surface area (Å²) in [5.41, 5.74) is 3.68. The smallest absolute Gasteiger partial charge is 0.219 e. The number of halogens is 2. The zero-order chi connectivity index (χ0) is 18.4. The molecule has 7 heteroatoms. The fourth-order valence-electron chi connectivity index (χ4n) is 2.22. The van der Waals surface area contributed by atoms with Gasteiger partial charge in [0.05, 0.1) is 11.6 Å². The maximum atomic E-state index is 13.2. The molecule has 0 fully saturated rings. The van der Waals surface area contributed by atoms with Gasteiger partial charge >= 0.3 is 0 Å². The molecule has 0 saturated carbocycles. The molecule has 0 aliphatic carbocycles. The molecule has 3 aromatic rings. The van der Waals surface area contributed by atoms with Crippen LogP contribution in [-0.4, -0.2) is 16.0 Å². The molecule has 0 amide bonds. The van der Waals surface area contributed by atoms with Crippen LogP contribution in [0.1, 0.15) is 11.1 Å². The fraction of sp³-hybridized carbons (Fsp3) is 0.0526. The van der Waals surface area contributed by atoms with Crippen molar-refractivity contribution in [3.63, 3.8) is 0 Å². The van der Waals surface area contributed by atoms with Gasteiger partial charge in [-0.3, -0.25) is 15.7 Å². The van der Waals surface area contributed by atoms with Crippen LogP contribution in [0.3, 0.4) is 0 Å². The maximum Gasteiger partial charge on any atom is 0.219 e. The molecule has 2 N–H and O–H groups in total. The first kappa shape index (κ1) is 17.8. The van der Waals surface area contributed by atoms with Crippen molar-refractivity contribution in [2.24, 2.45) is 4.99 Å². The third kappa shape index (κ3) is 4.56. The number of aliphatic imine (C=N–C) groups is 1. The lowest BCUT2D eigenvalue weighted by molar-refractivity contribution is 0.234. The summed E-state index contributed by atoms with van der Waals surface area (Å²) in [5.74, 6) is 0.354. The number of amidine groups is 1. The highest BCUT2D eigenvalue weighted by Gasteiger charge is 2.08. The number of hydrogen-bond donors (Lipinski definition) is 2. The van der Waals surface area contributed by atoms with Gasteiger partial charge in [0.2, 0.25) is 5.88 Å². The Bertz CT molecular complexity index is 920. The van der Waals surface area contributed by atoms with Crippen molar-refractivity contribution in [2.45, 2.75) is 6.54 Å². The molecule has 0 saturated heterocycles. The minimum absolute atomic E-state index is 0.0409. The third-order valence-corrected chi connectivity index (χ3v) is 3.78. The highest BCUT2D eigenvalue weighted by atomic mass is 35.5. The minimum atomic E-state index is -0.527. The number of ether oxygens (including phenoxy) is 1. The van der Waals surface area contributed by atoms with E-state index in [4.69, 9.17) is 16.3 Å². The zero-order valence-corrected chi connectivity index (χ0v) is 14.3. The van der Waals surface area contributed by atoms with Crippen LogP contribution < -0.4 is 10.2 Å². The van der Waals surface area contributed by atoms with Gasteiger partial charge in [-0.15, -0.1) is 0 Å². The summed E-state index contributed by atoms with van der Waals surface area (Å²) in [7, 11) is 0. The van der Waals surface area contributed by atoms with Crippen LogP contribution in [-0.2, 0) is 6.54 Å². The summed E-state index contributed by atoms with van der Waals surface area (Å²) in [6.45, 7) is 0.399. The molecular weight excluding hydrogens is 357 g/mol. The lowest BCUT2D eigenvalue weighted by Gasteiger charge is -2.09. The van der Waals surface area contributed by atoms with Crippen molar-refractivity contribution in [2.75, 3.05) is 0 Å². The largest absolute Gasteiger partial charge is 0.439 e. The Hall–Kier alpha value is -2.96. The molecular formula is C19H15ClFN3O2. The highest BCUT2D eigenvalue weighted by molar-refractivity contribution is 6.30. The summed E-state index contributed by atoms with van der Waals surface area (Å²) in [5, 5.41) is 9.36. The zero-order valence-electron chi connectivity index (χ0n) is 13.6. The van der Waals surface area contributed by atoms with Crippen LogP contribution in [0.2, 0.25) is 5.02 Å². The van der Waals surface area contributed by atoms with Gasteiger partial charge < -0.3 is 4.74 Å². The normalized spacial score (nSPS) is 11.3. The lowest BCUT2D eigenvalue weighted by Crippen LogP contribution is -2.20. The van der Waals surface area contributed by atoms with Crippen LogP contribution in [0.15, 0.2) is 71.9 Å². The van der Waals surface area contributed by atoms with Gasteiger partial charge in [0, 0.05) is 23.9 Å². The predicted molar refractivity (Wildman–Crippen MR) is 97.3 cm³/mol. The average molecular weight is 372 g/mol. The van der Waals surface area contributed by atoms with Gasteiger partial charge in [0.15, 0.2) is 5.84 Å². The molecule has 2 aromatic carbocycles. The summed E-state index contributed by atoms with van der Waals surface area (Å²) >= 11 is 5.75. The second-order valence-corrected chi connectivity index (χ2v) is 5.73. The van der Waals surface area contributed by atoms with Crippen LogP contribution in [0.5, 0.6) is 11.6 Å². The van der Waals surface area contributed by atoms with Gasteiger partial charge in [-0.05, 0) is 23.8 Å². The van der Waals surface area contributed by atoms with Crippen molar-refractivity contribution >= 4 is 17.4 Å². The predicted octanol–water partition coefficient (Wildman–Crippen LogP) is 4.59. The van der Waals surface area contributed by atoms with E-state index in [9.17, 15) is 9.60 Å². The first-order valence-corrected chi connectivity index (χ1v) is 8.11. The number of aromatic nitrogens is 1. The lowest BCUT2D eigenvalue weighted by atomic mass is 10.2. The van der Waals surface area contributed by atoms with Crippen LogP contribution in [0, 0.1) is 5.82 Å². The van der Waals surface area contributed by atoms with E-state index in [2.05, 4.69) is 15.5 Å². The standard InChI is InChI=1S/C19H15ClFN3O2/c20-16-11-15(6-7-17(16)21)26-18-10-14(8-9-22-18)19(24-25)23-12-13-4-2-1-3-5-13/h1-11,25H,12H2,(H,23,24). The van der Waals surface area contributed by atoms with E-state index >= 15 is 0 Å². The maximum absolute atomic E-state index is 13.2. The summed E-state index contributed by atoms with van der Waals surface area (Å²) < 4.78 is 18.8. The molecule has 1 heterocycles. The Morgan fingerprint density at radius 1 is 1.15 bits per heavy atom. The first-order valence-electron chi connectivity index (χ1n) is 7.73. The van der Waals surface area contributed by atoms with Crippen LogP contribution in [0.4, 0.5) is 4.39 Å². The molecule has 132 valence electrons. The van der Waals surface area contributed by atoms with Crippen molar-refractivity contribution < 1.29 is 14.3 Å². The number of hydrogen-bond acceptors (Lipinski definition) is 4. The van der Waals surface area contributed by atoms with Gasteiger partial charge in [-0.1, -0.05) is 41.9 Å². The molecule has 1 aromatic heterocycles. The van der Waals surface area contributed by atoms with Gasteiger partial charge in [-0.2, -0.15) is 0 Å². The number of nitrogens with zero attached hydrogens (tertiary/aromatic N) is 2. The van der Waals surface area contributed by atoms with Crippen molar-refractivity contribution in [3.05, 3.63) is 88.8 Å². The number of nitrogens with one attached hydrogen (secondary N) is 1. The molecule has 0 radical (unpaired) electrons. The second kappa shape index (κ2) is 8.42. The second-order valence-electron chi connectivity index (χ2n) is 5.32. The minimum Gasteiger partial charge on any atom is -0.439 e. The van der Waals surface area contributed by atoms with E-state index in [0.29, 0.717) is 17.9 Å². The monoisotopic (exact) mass is 371 g/mol. The Morgan fingerprint density at radius 3 is 2.69 bits per heavy atom. The topological polar surface area (TPSA) is 66.7 Å². The van der Waals surface area contributed by atoms with E-state index < -0.39 is 5.82 Å². The molecule has 0 atom stereocenters. The van der Waals surface area contributed by atoms with Gasteiger partial charge in [0.25, 0.3) is 0 Å². The molecule has 26 heavy (non-hydrogen) atoms. The Balaban J connectivity index is 1.79. The molecule has 0 aliphatic heterocycles. The summed E-state index contributed by atoms with van der Waals surface area (Å²) in [4.78, 5) is 8.46. The summed E-state index contributed by atoms with van der Waals surface area (Å²) in [6.07, 6.45) is 1.52. The van der Waals surface area contributed by atoms with Crippen LogP contribution in [0.25, 0.3) is 0 Å². The van der Waals surface area contributed by atoms with E-state index in [1.54, 1.807) is 12.1 Å². The average Bonchev–Trinajstić information content (AvgIpc) is 2.66. The van der Waals surface area contributed by atoms with Gasteiger partial charge in [0.1, 0.15) is 11.6 Å². The van der Waals surface area contributed by atoms with E-state index in [-0.39, 0.29) is 16.7 Å². The van der Waals surface area contributed by atoms with E-state index in [0.717, 1.165) is 5.56 Å². The molecule has 0 unspecified atom stereocenters. The van der Waals surface area contributed by atoms with Crippen molar-refractivity contribution in [3.8, 4) is 11.6 Å². The Morgan fingerprint density at radius 2 is 1.96 bits per heavy atom. The van der Waals surface area contributed by atoms with Gasteiger partial charge in [-0.25, -0.2) is 9.37 Å². The quantitative estimate of drug-likeness (QED) is 0.391. The highest BCUT2D eigenvalue weighted by Crippen LogP contribution is 2.25. The Kier molecular flexibility index (Phi) is 5.78. The number of benzene rings is 2. The third-order valence-electron chi connectivity index (χ3n) is 3.49. The van der Waals surface area contributed by atoms with Crippen LogP contribution >= 0.6 is 11.6 Å². The molecule has 5 nitrogen and oxygen atoms in total. The van der Waals surface area contributed by atoms with E-state index in [1.165, 1.54) is 24.4 Å². The molecule has 0 bridgehead atoms. The number of pyridine rings is 1. The summed E-state index contributed by atoms with van der Waals surface area (Å²) in [6, 6.07) is 16.9. The number of rotatable bonds is 5. The SMILES string of the molecule is ONC(=NCc1ccccc1)c1ccnc(Oc2ccc(F)c(Cl)c2)c1. The first-order chi connectivity index (χ1) is 12.7. The molecule has 0 spiro atoms. The van der Waals surface area contributed by atoms with Crippen molar-refractivity contribution in [1.29, 1.82) is 0 Å². The van der Waals surface area contributed by atoms with E-state index in [1.807, 2.05) is 30.3 Å².